The van der Waals surface area contributed by atoms with E-state index in [1.807, 2.05) is 35.7 Å². The summed E-state index contributed by atoms with van der Waals surface area (Å²) in [6.07, 6.45) is 3.72. The van der Waals surface area contributed by atoms with E-state index in [-0.39, 0.29) is 17.5 Å². The molecular weight excluding hydrogens is 344 g/mol. The molecule has 2 aromatic heterocycles. The van der Waals surface area contributed by atoms with Crippen molar-refractivity contribution in [3.63, 3.8) is 0 Å². The van der Waals surface area contributed by atoms with Crippen molar-refractivity contribution in [1.29, 1.82) is 0 Å². The van der Waals surface area contributed by atoms with Crippen molar-refractivity contribution >= 4 is 17.2 Å². The van der Waals surface area contributed by atoms with Crippen LogP contribution in [-0.4, -0.2) is 10.5 Å². The Labute approximate surface area is 157 Å². The Morgan fingerprint density at radius 2 is 1.85 bits per heavy atom. The van der Waals surface area contributed by atoms with E-state index in [9.17, 15) is 9.59 Å². The summed E-state index contributed by atoms with van der Waals surface area (Å²) in [5.41, 5.74) is 2.51. The van der Waals surface area contributed by atoms with Gasteiger partial charge in [0.2, 0.25) is 5.56 Å². The minimum absolute atomic E-state index is 0.0414. The molecule has 0 saturated carbocycles. The molecule has 134 valence electrons. The van der Waals surface area contributed by atoms with Gasteiger partial charge in [-0.3, -0.25) is 9.59 Å². The molecule has 4 nitrogen and oxygen atoms in total. The molecular formula is C21H22N2O2S. The van der Waals surface area contributed by atoms with E-state index < -0.39 is 0 Å². The van der Waals surface area contributed by atoms with Gasteiger partial charge in [-0.15, -0.1) is 11.3 Å². The summed E-state index contributed by atoms with van der Waals surface area (Å²) in [6.45, 7) is 2.12. The van der Waals surface area contributed by atoms with Crippen LogP contribution in [0.25, 0.3) is 11.1 Å². The fraction of sp³-hybridized carbons (Fsp3) is 0.238. The van der Waals surface area contributed by atoms with Gasteiger partial charge < -0.3 is 9.88 Å². The van der Waals surface area contributed by atoms with Crippen molar-refractivity contribution < 1.29 is 4.79 Å². The number of aryl methyl sites for hydroxylation is 1. The summed E-state index contributed by atoms with van der Waals surface area (Å²) >= 11 is 1.67. The fourth-order valence-electron chi connectivity index (χ4n) is 2.88. The van der Waals surface area contributed by atoms with Crippen LogP contribution in [-0.2, 0) is 7.05 Å². The highest BCUT2D eigenvalue weighted by Crippen LogP contribution is 2.24. The third-order valence-corrected chi connectivity index (χ3v) is 5.32. The van der Waals surface area contributed by atoms with E-state index >= 15 is 0 Å². The highest BCUT2D eigenvalue weighted by Gasteiger charge is 2.16. The first kappa shape index (κ1) is 18.1. The average Bonchev–Trinajstić information content (AvgIpc) is 3.18. The largest absolute Gasteiger partial charge is 0.344 e. The van der Waals surface area contributed by atoms with E-state index in [1.165, 1.54) is 4.88 Å². The van der Waals surface area contributed by atoms with Crippen LogP contribution in [0.2, 0.25) is 0 Å². The molecule has 5 heteroatoms. The summed E-state index contributed by atoms with van der Waals surface area (Å²) in [4.78, 5) is 25.3. The number of carbonyl (C=O) groups is 1. The summed E-state index contributed by atoms with van der Waals surface area (Å²) < 4.78 is 1.55. The fourth-order valence-corrected chi connectivity index (χ4v) is 3.70. The molecule has 1 aromatic carbocycles. The summed E-state index contributed by atoms with van der Waals surface area (Å²) in [7, 11) is 1.73. The number of aromatic nitrogens is 1. The number of amides is 1. The predicted octanol–water partition coefficient (Wildman–Crippen LogP) is 4.39. The topological polar surface area (TPSA) is 51.1 Å². The second-order valence-corrected chi connectivity index (χ2v) is 7.25. The van der Waals surface area contributed by atoms with Crippen LogP contribution in [0.3, 0.4) is 0 Å². The van der Waals surface area contributed by atoms with Gasteiger partial charge in [0.15, 0.2) is 0 Å². The molecule has 1 unspecified atom stereocenters. The molecule has 0 aliphatic rings. The second-order valence-electron chi connectivity index (χ2n) is 6.27. The molecule has 1 atom stereocenters. The van der Waals surface area contributed by atoms with Gasteiger partial charge in [0.25, 0.3) is 5.91 Å². The molecule has 0 aliphatic carbocycles. The van der Waals surface area contributed by atoms with Crippen LogP contribution >= 0.6 is 11.3 Å². The van der Waals surface area contributed by atoms with Gasteiger partial charge in [-0.05, 0) is 47.2 Å². The van der Waals surface area contributed by atoms with E-state index in [4.69, 9.17) is 0 Å². The zero-order valence-electron chi connectivity index (χ0n) is 14.9. The normalized spacial score (nSPS) is 11.9. The van der Waals surface area contributed by atoms with Crippen molar-refractivity contribution in [2.24, 2.45) is 7.05 Å². The first-order valence-electron chi connectivity index (χ1n) is 8.70. The molecule has 3 rings (SSSR count). The number of pyridine rings is 1. The van der Waals surface area contributed by atoms with Crippen LogP contribution in [0.5, 0.6) is 0 Å². The van der Waals surface area contributed by atoms with Gasteiger partial charge in [-0.2, -0.15) is 0 Å². The Morgan fingerprint density at radius 1 is 1.12 bits per heavy atom. The minimum atomic E-state index is -0.0659. The molecule has 0 fully saturated rings. The maximum Gasteiger partial charge on any atom is 0.251 e. The van der Waals surface area contributed by atoms with Gasteiger partial charge in [0.1, 0.15) is 0 Å². The quantitative estimate of drug-likeness (QED) is 0.704. The Morgan fingerprint density at radius 3 is 2.46 bits per heavy atom. The zero-order valence-corrected chi connectivity index (χ0v) is 15.8. The second kappa shape index (κ2) is 8.15. The van der Waals surface area contributed by atoms with Crippen molar-refractivity contribution in [3.8, 4) is 11.1 Å². The third-order valence-electron chi connectivity index (χ3n) is 4.34. The Bertz CT molecular complexity index is 927. The maximum atomic E-state index is 12.6. The third kappa shape index (κ3) is 4.11. The van der Waals surface area contributed by atoms with Gasteiger partial charge in [-0.25, -0.2) is 0 Å². The highest BCUT2D eigenvalue weighted by molar-refractivity contribution is 7.10. The molecule has 0 radical (unpaired) electrons. The standard InChI is InChI=1S/C21H22N2O2S/c1-3-5-18(19-6-4-13-26-19)22-21(25)16-9-7-15(8-10-16)17-11-12-20(24)23(2)14-17/h4,6-14,18H,3,5H2,1-2H3,(H,22,25). The van der Waals surface area contributed by atoms with Crippen molar-refractivity contribution in [1.82, 2.24) is 9.88 Å². The van der Waals surface area contributed by atoms with E-state index in [0.717, 1.165) is 24.0 Å². The van der Waals surface area contributed by atoms with Crippen molar-refractivity contribution in [2.45, 2.75) is 25.8 Å². The Kier molecular flexibility index (Phi) is 5.68. The number of nitrogens with one attached hydrogen (secondary N) is 1. The number of hydrogen-bond donors (Lipinski definition) is 1. The SMILES string of the molecule is CCCC(NC(=O)c1ccc(-c2ccc(=O)n(C)c2)cc1)c1cccs1. The summed E-state index contributed by atoms with van der Waals surface area (Å²) in [6, 6.07) is 14.9. The highest BCUT2D eigenvalue weighted by atomic mass is 32.1. The molecule has 0 bridgehead atoms. The number of thiophene rings is 1. The number of carbonyl (C=O) groups excluding carboxylic acids is 1. The van der Waals surface area contributed by atoms with Crippen LogP contribution in [0, 0.1) is 0 Å². The van der Waals surface area contributed by atoms with Crippen LogP contribution in [0.1, 0.15) is 41.0 Å². The average molecular weight is 366 g/mol. The van der Waals surface area contributed by atoms with Gasteiger partial charge in [0.05, 0.1) is 6.04 Å². The smallest absolute Gasteiger partial charge is 0.251 e. The van der Waals surface area contributed by atoms with Crippen molar-refractivity contribution in [3.05, 3.63) is 80.9 Å². The Balaban J connectivity index is 1.76. The monoisotopic (exact) mass is 366 g/mol. The van der Waals surface area contributed by atoms with Gasteiger partial charge in [0, 0.05) is 29.8 Å². The van der Waals surface area contributed by atoms with Crippen molar-refractivity contribution in [2.75, 3.05) is 0 Å². The molecule has 0 spiro atoms. The molecule has 1 amide bonds. The molecule has 0 saturated heterocycles. The molecule has 0 aliphatic heterocycles. The number of benzene rings is 1. The first-order chi connectivity index (χ1) is 12.6. The lowest BCUT2D eigenvalue weighted by molar-refractivity contribution is 0.0935. The number of rotatable bonds is 6. The lowest BCUT2D eigenvalue weighted by atomic mass is 10.0. The Hall–Kier alpha value is -2.66. The van der Waals surface area contributed by atoms with E-state index in [2.05, 4.69) is 18.3 Å². The minimum Gasteiger partial charge on any atom is -0.344 e. The van der Waals surface area contributed by atoms with E-state index in [1.54, 1.807) is 41.3 Å². The van der Waals surface area contributed by atoms with Gasteiger partial charge in [-0.1, -0.05) is 31.5 Å². The molecule has 1 N–H and O–H groups in total. The molecule has 2 heterocycles. The van der Waals surface area contributed by atoms with Crippen LogP contribution < -0.4 is 10.9 Å². The number of nitrogens with zero attached hydrogens (tertiary/aromatic N) is 1. The van der Waals surface area contributed by atoms with E-state index in [0.29, 0.717) is 5.56 Å². The van der Waals surface area contributed by atoms with Gasteiger partial charge >= 0.3 is 0 Å². The lowest BCUT2D eigenvalue weighted by Crippen LogP contribution is -2.27. The first-order valence-corrected chi connectivity index (χ1v) is 9.58. The lowest BCUT2D eigenvalue weighted by Gasteiger charge is -2.17. The summed E-state index contributed by atoms with van der Waals surface area (Å²) in [5.74, 6) is -0.0659. The maximum absolute atomic E-state index is 12.6. The van der Waals surface area contributed by atoms with Crippen LogP contribution in [0.4, 0.5) is 0 Å². The predicted molar refractivity (Wildman–Crippen MR) is 107 cm³/mol. The van der Waals surface area contributed by atoms with Crippen LogP contribution in [0.15, 0.2) is 64.9 Å². The molecule has 3 aromatic rings. The molecule has 26 heavy (non-hydrogen) atoms. The zero-order chi connectivity index (χ0) is 18.5. The number of hydrogen-bond acceptors (Lipinski definition) is 3. The summed E-state index contributed by atoms with van der Waals surface area (Å²) in [5, 5.41) is 5.17.